The van der Waals surface area contributed by atoms with Gasteiger partial charge in [-0.25, -0.2) is 0 Å². The van der Waals surface area contributed by atoms with Gasteiger partial charge in [0.05, 0.1) is 0 Å². The number of fused-ring (bicyclic) bond motifs is 10. The summed E-state index contributed by atoms with van der Waals surface area (Å²) in [6.45, 7) is 4.83. The van der Waals surface area contributed by atoms with Gasteiger partial charge in [0.15, 0.2) is 0 Å². The van der Waals surface area contributed by atoms with Crippen molar-refractivity contribution in [1.29, 1.82) is 0 Å². The molecule has 10 aromatic rings. The Hall–Kier alpha value is -7.16. The highest BCUT2D eigenvalue weighted by Crippen LogP contribution is 2.56. The fraction of sp³-hybridized carbons (Fsp3) is 0.0545. The monoisotopic (exact) mass is 728 g/mol. The van der Waals surface area contributed by atoms with Gasteiger partial charge in [-0.3, -0.25) is 0 Å². The number of rotatable bonds is 6. The summed E-state index contributed by atoms with van der Waals surface area (Å²) in [5.41, 5.74) is 12.0. The number of hydrogen-bond acceptors (Lipinski definition) is 2. The quantitative estimate of drug-likeness (QED) is 0.157. The highest BCUT2D eigenvalue weighted by atomic mass is 15.1. The van der Waals surface area contributed by atoms with Crippen molar-refractivity contribution in [3.05, 3.63) is 217 Å². The third-order valence-electron chi connectivity index (χ3n) is 12.1. The van der Waals surface area contributed by atoms with Crippen LogP contribution in [0.25, 0.3) is 54.2 Å². The molecule has 2 heteroatoms. The average Bonchev–Trinajstić information content (AvgIpc) is 3.50. The number of benzene rings is 10. The summed E-state index contributed by atoms with van der Waals surface area (Å²) in [5.74, 6) is 0. The largest absolute Gasteiger partial charge is 0.310 e. The molecule has 270 valence electrons. The molecular weight excluding hydrogens is 689 g/mol. The Morgan fingerprint density at radius 3 is 1.37 bits per heavy atom. The molecule has 2 nitrogen and oxygen atoms in total. The van der Waals surface area contributed by atoms with Gasteiger partial charge in [0, 0.05) is 39.5 Å². The first-order valence-corrected chi connectivity index (χ1v) is 19.8. The van der Waals surface area contributed by atoms with Crippen molar-refractivity contribution in [2.45, 2.75) is 19.3 Å². The van der Waals surface area contributed by atoms with Crippen molar-refractivity contribution < 1.29 is 0 Å². The molecule has 0 atom stereocenters. The van der Waals surface area contributed by atoms with Gasteiger partial charge < -0.3 is 9.80 Å². The summed E-state index contributed by atoms with van der Waals surface area (Å²) in [5, 5.41) is 10.1. The van der Waals surface area contributed by atoms with Crippen LogP contribution in [0, 0.1) is 0 Å². The molecule has 0 spiro atoms. The van der Waals surface area contributed by atoms with E-state index in [4.69, 9.17) is 0 Å². The van der Waals surface area contributed by atoms with Gasteiger partial charge in [0.25, 0.3) is 0 Å². The van der Waals surface area contributed by atoms with Crippen molar-refractivity contribution in [2.75, 3.05) is 9.80 Å². The van der Waals surface area contributed by atoms with Crippen molar-refractivity contribution in [2.24, 2.45) is 0 Å². The predicted octanol–water partition coefficient (Wildman–Crippen LogP) is 15.5. The van der Waals surface area contributed by atoms with Crippen LogP contribution in [-0.2, 0) is 5.41 Å². The van der Waals surface area contributed by atoms with Crippen LogP contribution < -0.4 is 9.80 Å². The molecule has 0 fully saturated rings. The minimum absolute atomic E-state index is 0.256. The topological polar surface area (TPSA) is 6.48 Å². The van der Waals surface area contributed by atoms with Crippen LogP contribution in [0.2, 0.25) is 0 Å². The van der Waals surface area contributed by atoms with E-state index in [-0.39, 0.29) is 5.41 Å². The van der Waals surface area contributed by atoms with Crippen LogP contribution in [0.3, 0.4) is 0 Å². The van der Waals surface area contributed by atoms with Gasteiger partial charge in [-0.2, -0.15) is 0 Å². The molecule has 1 aliphatic rings. The van der Waals surface area contributed by atoms with Crippen molar-refractivity contribution in [1.82, 2.24) is 0 Å². The Morgan fingerprint density at radius 1 is 0.316 bits per heavy atom. The summed E-state index contributed by atoms with van der Waals surface area (Å²) in [7, 11) is 0. The molecule has 0 saturated carbocycles. The molecule has 0 aromatic heterocycles. The summed E-state index contributed by atoms with van der Waals surface area (Å²) in [6.07, 6.45) is 0. The Bertz CT molecular complexity index is 3160. The van der Waals surface area contributed by atoms with E-state index >= 15 is 0 Å². The molecule has 1 aliphatic carbocycles. The van der Waals surface area contributed by atoms with Crippen LogP contribution in [0.1, 0.15) is 25.0 Å². The van der Waals surface area contributed by atoms with E-state index in [1.165, 1.54) is 65.3 Å². The molecule has 0 radical (unpaired) electrons. The van der Waals surface area contributed by atoms with Crippen molar-refractivity contribution >= 4 is 77.2 Å². The molecule has 0 aliphatic heterocycles. The van der Waals surface area contributed by atoms with Gasteiger partial charge in [-0.15, -0.1) is 0 Å². The predicted molar refractivity (Wildman–Crippen MR) is 243 cm³/mol. The molecule has 10 aromatic carbocycles. The minimum Gasteiger partial charge on any atom is -0.310 e. The standard InChI is InChI=1S/C55H40N2/c1-55(2)52-36-46(57(42-21-7-4-8-22-42)44-28-26-38-16-10-12-18-40(38)34-44)30-32-50(52)53-48-24-14-13-23-47(48)51-35-45(29-31-49(51)54(53)55)56(41-19-5-3-6-20-41)43-27-25-37-15-9-11-17-39(37)33-43/h3-36H,1-2H3. The molecule has 0 unspecified atom stereocenters. The lowest BCUT2D eigenvalue weighted by Crippen LogP contribution is -2.17. The lowest BCUT2D eigenvalue weighted by Gasteiger charge is -2.29. The lowest BCUT2D eigenvalue weighted by molar-refractivity contribution is 0.666. The number of anilines is 6. The van der Waals surface area contributed by atoms with Crippen LogP contribution >= 0.6 is 0 Å². The molecule has 0 N–H and O–H groups in total. The highest BCUT2D eigenvalue weighted by molar-refractivity contribution is 6.19. The third kappa shape index (κ3) is 5.33. The summed E-state index contributed by atoms with van der Waals surface area (Å²) in [4.78, 5) is 4.80. The third-order valence-corrected chi connectivity index (χ3v) is 12.1. The summed E-state index contributed by atoms with van der Waals surface area (Å²) in [6, 6.07) is 75.6. The molecule has 0 saturated heterocycles. The zero-order valence-electron chi connectivity index (χ0n) is 32.0. The second-order valence-electron chi connectivity index (χ2n) is 15.8. The first kappa shape index (κ1) is 33.2. The first-order chi connectivity index (χ1) is 28.0. The zero-order valence-corrected chi connectivity index (χ0v) is 32.0. The molecule has 0 heterocycles. The first-order valence-electron chi connectivity index (χ1n) is 19.8. The molecule has 0 amide bonds. The fourth-order valence-corrected chi connectivity index (χ4v) is 9.47. The molecular formula is C55H40N2. The van der Waals surface area contributed by atoms with E-state index in [0.717, 1.165) is 34.1 Å². The van der Waals surface area contributed by atoms with Gasteiger partial charge in [-0.1, -0.05) is 147 Å². The van der Waals surface area contributed by atoms with E-state index < -0.39 is 0 Å². The second kappa shape index (κ2) is 13.0. The van der Waals surface area contributed by atoms with Crippen LogP contribution in [0.5, 0.6) is 0 Å². The Kier molecular flexibility index (Phi) is 7.55. The van der Waals surface area contributed by atoms with E-state index in [1.807, 2.05) is 0 Å². The number of hydrogen-bond donors (Lipinski definition) is 0. The van der Waals surface area contributed by atoms with E-state index in [1.54, 1.807) is 0 Å². The summed E-state index contributed by atoms with van der Waals surface area (Å²) < 4.78 is 0. The smallest absolute Gasteiger partial charge is 0.0468 e. The van der Waals surface area contributed by atoms with Crippen molar-refractivity contribution in [3.8, 4) is 11.1 Å². The number of para-hydroxylation sites is 2. The maximum atomic E-state index is 2.45. The Labute approximate surface area is 333 Å². The van der Waals surface area contributed by atoms with Gasteiger partial charge in [0.2, 0.25) is 0 Å². The van der Waals surface area contributed by atoms with Crippen LogP contribution in [0.4, 0.5) is 34.1 Å². The molecule has 57 heavy (non-hydrogen) atoms. The summed E-state index contributed by atoms with van der Waals surface area (Å²) >= 11 is 0. The highest BCUT2D eigenvalue weighted by Gasteiger charge is 2.39. The van der Waals surface area contributed by atoms with Crippen LogP contribution in [-0.4, -0.2) is 0 Å². The molecule has 11 rings (SSSR count). The maximum absolute atomic E-state index is 2.45. The second-order valence-corrected chi connectivity index (χ2v) is 15.8. The van der Waals surface area contributed by atoms with E-state index in [0.29, 0.717) is 0 Å². The fourth-order valence-electron chi connectivity index (χ4n) is 9.47. The number of nitrogens with zero attached hydrogens (tertiary/aromatic N) is 2. The maximum Gasteiger partial charge on any atom is 0.0468 e. The van der Waals surface area contributed by atoms with Gasteiger partial charge >= 0.3 is 0 Å². The normalized spacial score (nSPS) is 12.9. The van der Waals surface area contributed by atoms with E-state index in [9.17, 15) is 0 Å². The minimum atomic E-state index is -0.256. The average molecular weight is 729 g/mol. The van der Waals surface area contributed by atoms with Crippen molar-refractivity contribution in [3.63, 3.8) is 0 Å². The van der Waals surface area contributed by atoms with E-state index in [2.05, 4.69) is 230 Å². The lowest BCUT2D eigenvalue weighted by atomic mass is 9.79. The van der Waals surface area contributed by atoms with Gasteiger partial charge in [0.1, 0.15) is 0 Å². The van der Waals surface area contributed by atoms with Crippen LogP contribution in [0.15, 0.2) is 206 Å². The Morgan fingerprint density at radius 2 is 0.772 bits per heavy atom. The Balaban J connectivity index is 1.10. The van der Waals surface area contributed by atoms with Gasteiger partial charge in [-0.05, 0) is 138 Å². The zero-order chi connectivity index (χ0) is 38.1. The molecule has 0 bridgehead atoms. The SMILES string of the molecule is CC1(C)c2cc(N(c3ccccc3)c3ccc4ccccc4c3)ccc2-c2c1c1ccc(N(c3ccccc3)c3ccc4ccccc4c3)cc1c1ccccc21.